The fraction of sp³-hybridized carbons (Fsp3) is 0.333. The van der Waals surface area contributed by atoms with Crippen LogP contribution in [0.3, 0.4) is 0 Å². The molecule has 0 aliphatic heterocycles. The van der Waals surface area contributed by atoms with Crippen molar-refractivity contribution in [2.45, 2.75) is 12.8 Å². The number of aromatic nitrogens is 5. The predicted octanol–water partition coefficient (Wildman–Crippen LogP) is 1.20. The Hall–Kier alpha value is -2.29. The zero-order chi connectivity index (χ0) is 13.7. The van der Waals surface area contributed by atoms with E-state index in [-0.39, 0.29) is 16.7 Å². The molecule has 19 heavy (non-hydrogen) atoms. The number of rotatable bonds is 6. The number of nitro groups is 1. The largest absolute Gasteiger partial charge is 0.364 e. The van der Waals surface area contributed by atoms with Crippen molar-refractivity contribution in [3.05, 3.63) is 33.7 Å². The van der Waals surface area contributed by atoms with Crippen LogP contribution in [-0.2, 0) is 6.42 Å². The Morgan fingerprint density at radius 3 is 2.89 bits per heavy atom. The Labute approximate surface area is 112 Å². The molecule has 10 heteroatoms. The molecule has 0 spiro atoms. The first-order valence-electron chi connectivity index (χ1n) is 5.41. The van der Waals surface area contributed by atoms with E-state index in [0.717, 1.165) is 5.82 Å². The summed E-state index contributed by atoms with van der Waals surface area (Å²) < 4.78 is 0. The van der Waals surface area contributed by atoms with Crippen molar-refractivity contribution in [2.24, 2.45) is 0 Å². The molecule has 2 aromatic rings. The summed E-state index contributed by atoms with van der Waals surface area (Å²) in [6, 6.07) is 0. The van der Waals surface area contributed by atoms with Crippen LogP contribution in [0.15, 0.2) is 12.7 Å². The Morgan fingerprint density at radius 1 is 1.37 bits per heavy atom. The Balaban J connectivity index is 1.92. The molecule has 2 N–H and O–H groups in total. The van der Waals surface area contributed by atoms with Crippen LogP contribution >= 0.6 is 11.6 Å². The second kappa shape index (κ2) is 6.05. The van der Waals surface area contributed by atoms with Gasteiger partial charge in [0.1, 0.15) is 18.5 Å². The molecule has 0 saturated heterocycles. The van der Waals surface area contributed by atoms with Gasteiger partial charge in [0.25, 0.3) is 0 Å². The van der Waals surface area contributed by atoms with Gasteiger partial charge in [0, 0.05) is 13.0 Å². The molecule has 0 atom stereocenters. The summed E-state index contributed by atoms with van der Waals surface area (Å²) in [7, 11) is 0. The summed E-state index contributed by atoms with van der Waals surface area (Å²) in [5.74, 6) is 0.875. The van der Waals surface area contributed by atoms with Crippen molar-refractivity contribution in [1.82, 2.24) is 25.1 Å². The third-order valence-electron chi connectivity index (χ3n) is 2.31. The molecule has 0 aromatic carbocycles. The lowest BCUT2D eigenvalue weighted by Crippen LogP contribution is -2.08. The number of hydrogen-bond donors (Lipinski definition) is 2. The predicted molar refractivity (Wildman–Crippen MR) is 66.9 cm³/mol. The minimum Gasteiger partial charge on any atom is -0.364 e. The molecule has 2 rings (SSSR count). The first kappa shape index (κ1) is 13.1. The number of halogens is 1. The smallest absolute Gasteiger partial charge is 0.348 e. The van der Waals surface area contributed by atoms with Crippen LogP contribution in [0.25, 0.3) is 0 Å². The number of nitrogens with one attached hydrogen (secondary N) is 2. The molecule has 100 valence electrons. The van der Waals surface area contributed by atoms with Gasteiger partial charge in [0.05, 0.1) is 4.92 Å². The lowest BCUT2D eigenvalue weighted by molar-refractivity contribution is -0.384. The van der Waals surface area contributed by atoms with Crippen molar-refractivity contribution in [3.63, 3.8) is 0 Å². The fourth-order valence-corrected chi connectivity index (χ4v) is 1.66. The summed E-state index contributed by atoms with van der Waals surface area (Å²) in [5.41, 5.74) is -0.316. The van der Waals surface area contributed by atoms with E-state index in [2.05, 4.69) is 30.5 Å². The van der Waals surface area contributed by atoms with Crippen LogP contribution in [0.1, 0.15) is 12.2 Å². The number of aromatic amines is 1. The number of nitrogens with zero attached hydrogens (tertiary/aromatic N) is 5. The highest BCUT2D eigenvalue weighted by molar-refractivity contribution is 6.31. The minimum atomic E-state index is -0.610. The molecule has 0 unspecified atom stereocenters. The molecule has 0 aliphatic rings. The van der Waals surface area contributed by atoms with E-state index in [4.69, 9.17) is 11.6 Å². The van der Waals surface area contributed by atoms with E-state index in [9.17, 15) is 10.1 Å². The van der Waals surface area contributed by atoms with Gasteiger partial charge in [-0.15, -0.1) is 0 Å². The third-order valence-corrected chi connectivity index (χ3v) is 2.58. The summed E-state index contributed by atoms with van der Waals surface area (Å²) in [6.45, 7) is 0.495. The number of aryl methyl sites for hydroxylation is 1. The van der Waals surface area contributed by atoms with Gasteiger partial charge in [-0.2, -0.15) is 5.10 Å². The summed E-state index contributed by atoms with van der Waals surface area (Å²) >= 11 is 5.66. The topological polar surface area (TPSA) is 123 Å². The molecule has 9 nitrogen and oxygen atoms in total. The molecule has 0 bridgehead atoms. The first-order valence-corrected chi connectivity index (χ1v) is 5.79. The van der Waals surface area contributed by atoms with Crippen LogP contribution in [0.2, 0.25) is 5.15 Å². The van der Waals surface area contributed by atoms with E-state index < -0.39 is 4.92 Å². The SMILES string of the molecule is O=[N+]([O-])c1c(Cl)ncnc1NCCCc1ncn[nH]1. The van der Waals surface area contributed by atoms with Crippen molar-refractivity contribution in [1.29, 1.82) is 0 Å². The van der Waals surface area contributed by atoms with Gasteiger partial charge >= 0.3 is 5.69 Å². The lowest BCUT2D eigenvalue weighted by atomic mass is 10.3. The van der Waals surface area contributed by atoms with E-state index in [1.54, 1.807) is 0 Å². The monoisotopic (exact) mass is 283 g/mol. The Kier molecular flexibility index (Phi) is 4.18. The molecule has 0 aliphatic carbocycles. The van der Waals surface area contributed by atoms with Crippen LogP contribution < -0.4 is 5.32 Å². The van der Waals surface area contributed by atoms with Gasteiger partial charge in [-0.1, -0.05) is 11.6 Å². The van der Waals surface area contributed by atoms with Crippen LogP contribution in [0, 0.1) is 10.1 Å². The molecule has 2 heterocycles. The third kappa shape index (κ3) is 3.35. The first-order chi connectivity index (χ1) is 9.18. The van der Waals surface area contributed by atoms with Crippen molar-refractivity contribution >= 4 is 23.1 Å². The summed E-state index contributed by atoms with van der Waals surface area (Å²) in [5, 5.41) is 20.0. The minimum absolute atomic E-state index is 0.113. The summed E-state index contributed by atoms with van der Waals surface area (Å²) in [6.07, 6.45) is 4.00. The van der Waals surface area contributed by atoms with Crippen molar-refractivity contribution in [3.8, 4) is 0 Å². The van der Waals surface area contributed by atoms with E-state index >= 15 is 0 Å². The van der Waals surface area contributed by atoms with E-state index in [1.807, 2.05) is 0 Å². The average Bonchev–Trinajstić information content (AvgIpc) is 2.87. The normalized spacial score (nSPS) is 10.4. The number of H-pyrrole nitrogens is 1. The van der Waals surface area contributed by atoms with Crippen molar-refractivity contribution in [2.75, 3.05) is 11.9 Å². The lowest BCUT2D eigenvalue weighted by Gasteiger charge is -2.05. The standard InChI is InChI=1S/C9H10ClN7O2/c10-8-7(17(18)19)9(14-4-13-8)11-3-1-2-6-12-5-15-16-6/h4-5H,1-3H2,(H,11,13,14)(H,12,15,16). The molecular weight excluding hydrogens is 274 g/mol. The highest BCUT2D eigenvalue weighted by Crippen LogP contribution is 2.27. The van der Waals surface area contributed by atoms with Crippen molar-refractivity contribution < 1.29 is 4.92 Å². The molecule has 0 fully saturated rings. The maximum absolute atomic E-state index is 10.8. The second-order valence-electron chi connectivity index (χ2n) is 3.58. The van der Waals surface area contributed by atoms with Gasteiger partial charge in [0.2, 0.25) is 11.0 Å². The molecule has 0 amide bonds. The van der Waals surface area contributed by atoms with Crippen LogP contribution in [-0.4, -0.2) is 36.6 Å². The van der Waals surface area contributed by atoms with Gasteiger partial charge in [-0.3, -0.25) is 15.2 Å². The Bertz CT molecular complexity index is 560. The zero-order valence-electron chi connectivity index (χ0n) is 9.71. The molecule has 0 saturated carbocycles. The molecule has 2 aromatic heterocycles. The van der Waals surface area contributed by atoms with Crippen LogP contribution in [0.5, 0.6) is 0 Å². The highest BCUT2D eigenvalue weighted by Gasteiger charge is 2.20. The highest BCUT2D eigenvalue weighted by atomic mass is 35.5. The zero-order valence-corrected chi connectivity index (χ0v) is 10.5. The van der Waals surface area contributed by atoms with E-state index in [0.29, 0.717) is 19.4 Å². The quantitative estimate of drug-likeness (QED) is 0.353. The average molecular weight is 284 g/mol. The summed E-state index contributed by atoms with van der Waals surface area (Å²) in [4.78, 5) is 21.6. The van der Waals surface area contributed by atoms with Gasteiger partial charge < -0.3 is 5.32 Å². The maximum Gasteiger partial charge on any atom is 0.348 e. The number of anilines is 1. The molecular formula is C9H10ClN7O2. The maximum atomic E-state index is 10.8. The van der Waals surface area contributed by atoms with E-state index in [1.165, 1.54) is 12.7 Å². The molecule has 0 radical (unpaired) electrons. The van der Waals surface area contributed by atoms with Gasteiger partial charge in [-0.05, 0) is 6.42 Å². The number of hydrogen-bond acceptors (Lipinski definition) is 7. The Morgan fingerprint density at radius 2 is 2.21 bits per heavy atom. The van der Waals surface area contributed by atoms with Crippen LogP contribution in [0.4, 0.5) is 11.5 Å². The van der Waals surface area contributed by atoms with Gasteiger partial charge in [-0.25, -0.2) is 15.0 Å². The fourth-order valence-electron chi connectivity index (χ4n) is 1.46. The van der Waals surface area contributed by atoms with Gasteiger partial charge in [0.15, 0.2) is 0 Å². The second-order valence-corrected chi connectivity index (χ2v) is 3.94.